The summed E-state index contributed by atoms with van der Waals surface area (Å²) < 4.78 is 0. The van der Waals surface area contributed by atoms with Gasteiger partial charge in [0.1, 0.15) is 0 Å². The molecule has 4 nitrogen and oxygen atoms in total. The van der Waals surface area contributed by atoms with Crippen LogP contribution < -0.4 is 11.0 Å². The molecule has 1 unspecified atom stereocenters. The van der Waals surface area contributed by atoms with Gasteiger partial charge in [-0.15, -0.1) is 0 Å². The van der Waals surface area contributed by atoms with Crippen LogP contribution in [0.15, 0.2) is 0 Å². The fourth-order valence-electron chi connectivity index (χ4n) is 1.30. The molecule has 0 saturated heterocycles. The van der Waals surface area contributed by atoms with E-state index in [0.29, 0.717) is 12.7 Å². The Morgan fingerprint density at radius 1 is 1.17 bits per heavy atom. The lowest BCUT2D eigenvalue weighted by Crippen LogP contribution is -2.33. The fraction of sp³-hybridized carbons (Fsp3) is 0.929. The third kappa shape index (κ3) is 11.0. The van der Waals surface area contributed by atoms with Crippen LogP contribution >= 0.6 is 0 Å². The Morgan fingerprint density at radius 2 is 1.78 bits per heavy atom. The molecule has 2 N–H and O–H groups in total. The third-order valence-corrected chi connectivity index (χ3v) is 2.51. The van der Waals surface area contributed by atoms with Crippen molar-refractivity contribution in [3.05, 3.63) is 6.92 Å². The average molecular weight is 259 g/mol. The van der Waals surface area contributed by atoms with Gasteiger partial charge in [0.25, 0.3) is 0 Å². The van der Waals surface area contributed by atoms with Crippen LogP contribution in [0.5, 0.6) is 0 Å². The summed E-state index contributed by atoms with van der Waals surface area (Å²) in [6.07, 6.45) is 3.23. The maximum Gasteiger partial charge on any atom is 0.0785 e. The lowest BCUT2D eigenvalue weighted by atomic mass is 9.99. The molecule has 0 aromatic rings. The van der Waals surface area contributed by atoms with E-state index in [9.17, 15) is 0 Å². The molecule has 1 radical (unpaired) electrons. The molecule has 18 heavy (non-hydrogen) atoms. The van der Waals surface area contributed by atoms with Gasteiger partial charge in [-0.3, -0.25) is 4.84 Å². The zero-order chi connectivity index (χ0) is 14.0. The van der Waals surface area contributed by atoms with Crippen LogP contribution in [-0.2, 0) is 9.68 Å². The molecule has 0 aliphatic heterocycles. The highest BCUT2D eigenvalue weighted by Crippen LogP contribution is 2.12. The third-order valence-electron chi connectivity index (χ3n) is 2.51. The smallest absolute Gasteiger partial charge is 0.0785 e. The van der Waals surface area contributed by atoms with E-state index in [-0.39, 0.29) is 11.5 Å². The summed E-state index contributed by atoms with van der Waals surface area (Å²) in [5.74, 6) is 0. The van der Waals surface area contributed by atoms with Crippen LogP contribution in [0.2, 0.25) is 0 Å². The van der Waals surface area contributed by atoms with Gasteiger partial charge < -0.3 is 4.84 Å². The zero-order valence-electron chi connectivity index (χ0n) is 12.7. The molecule has 0 spiro atoms. The minimum atomic E-state index is 0.0742. The summed E-state index contributed by atoms with van der Waals surface area (Å²) >= 11 is 0. The molecule has 0 aliphatic carbocycles. The van der Waals surface area contributed by atoms with Crippen LogP contribution in [0.1, 0.15) is 53.9 Å². The van der Waals surface area contributed by atoms with E-state index in [1.54, 1.807) is 0 Å². The van der Waals surface area contributed by atoms with Crippen molar-refractivity contribution in [2.45, 2.75) is 66.0 Å². The van der Waals surface area contributed by atoms with E-state index in [2.05, 4.69) is 52.5 Å². The summed E-state index contributed by atoms with van der Waals surface area (Å²) in [5.41, 5.74) is 6.11. The van der Waals surface area contributed by atoms with Crippen molar-refractivity contribution >= 4 is 0 Å². The normalized spacial score (nSPS) is 14.2. The molecule has 0 amide bonds. The Morgan fingerprint density at radius 3 is 2.28 bits per heavy atom. The first-order valence-corrected chi connectivity index (χ1v) is 6.98. The van der Waals surface area contributed by atoms with Crippen LogP contribution in [0, 0.1) is 12.3 Å². The largest absolute Gasteiger partial charge is 0.301 e. The van der Waals surface area contributed by atoms with Crippen molar-refractivity contribution < 1.29 is 9.68 Å². The molecule has 0 bridgehead atoms. The zero-order valence-corrected chi connectivity index (χ0v) is 12.7. The maximum atomic E-state index is 5.50. The monoisotopic (exact) mass is 259 g/mol. The van der Waals surface area contributed by atoms with E-state index in [0.717, 1.165) is 25.8 Å². The molecule has 0 heterocycles. The van der Waals surface area contributed by atoms with Crippen LogP contribution in [0.25, 0.3) is 0 Å². The first-order chi connectivity index (χ1) is 8.39. The van der Waals surface area contributed by atoms with Crippen LogP contribution in [0.4, 0.5) is 0 Å². The highest BCUT2D eigenvalue weighted by Gasteiger charge is 2.11. The SMILES string of the molecule is [CH2]C(CCNOC(CC)CC)NOCC(C)(C)C. The lowest BCUT2D eigenvalue weighted by Gasteiger charge is -2.21. The van der Waals surface area contributed by atoms with E-state index >= 15 is 0 Å². The minimum absolute atomic E-state index is 0.0742. The van der Waals surface area contributed by atoms with Crippen LogP contribution in [0.3, 0.4) is 0 Å². The molecule has 0 saturated carbocycles. The Kier molecular flexibility index (Phi) is 9.64. The summed E-state index contributed by atoms with van der Waals surface area (Å²) in [5, 5.41) is 0. The molecule has 0 fully saturated rings. The van der Waals surface area contributed by atoms with E-state index in [1.165, 1.54) is 0 Å². The lowest BCUT2D eigenvalue weighted by molar-refractivity contribution is -0.0377. The summed E-state index contributed by atoms with van der Waals surface area (Å²) in [6.45, 7) is 16.1. The fourth-order valence-corrected chi connectivity index (χ4v) is 1.30. The predicted octanol–water partition coefficient (Wildman–Crippen LogP) is 2.86. The molecule has 0 rings (SSSR count). The standard InChI is InChI=1S/C14H31N2O2/c1-7-13(8-2)18-15-10-9-12(3)16-17-11-14(4,5)6/h12-13,15-16H,3,7-11H2,1-2,4-6H3. The van der Waals surface area contributed by atoms with E-state index < -0.39 is 0 Å². The first kappa shape index (κ1) is 17.8. The molecule has 0 aromatic carbocycles. The van der Waals surface area contributed by atoms with Crippen molar-refractivity contribution in [3.8, 4) is 0 Å². The number of hydrogen-bond donors (Lipinski definition) is 2. The molecule has 1 atom stereocenters. The quantitative estimate of drug-likeness (QED) is 0.468. The molecule has 0 aromatic heterocycles. The Bertz CT molecular complexity index is 189. The second kappa shape index (κ2) is 9.73. The second-order valence-electron chi connectivity index (χ2n) is 5.90. The molecule has 109 valence electrons. The highest BCUT2D eigenvalue weighted by molar-refractivity contribution is 4.66. The number of hydrogen-bond acceptors (Lipinski definition) is 4. The number of nitrogens with one attached hydrogen (secondary N) is 2. The summed E-state index contributed by atoms with van der Waals surface area (Å²) in [6, 6.07) is 0.0742. The van der Waals surface area contributed by atoms with Gasteiger partial charge >= 0.3 is 0 Å². The first-order valence-electron chi connectivity index (χ1n) is 6.98. The van der Waals surface area contributed by atoms with Gasteiger partial charge in [0.05, 0.1) is 12.7 Å². The number of hydroxylamine groups is 2. The molecule has 4 heteroatoms. The van der Waals surface area contributed by atoms with Gasteiger partial charge in [0.15, 0.2) is 0 Å². The minimum Gasteiger partial charge on any atom is -0.301 e. The molecular weight excluding hydrogens is 228 g/mol. The Labute approximate surface area is 113 Å². The second-order valence-corrected chi connectivity index (χ2v) is 5.90. The summed E-state index contributed by atoms with van der Waals surface area (Å²) in [7, 11) is 0. The van der Waals surface area contributed by atoms with Gasteiger partial charge in [-0.25, -0.2) is 5.48 Å². The number of rotatable bonds is 10. The summed E-state index contributed by atoms with van der Waals surface area (Å²) in [4.78, 5) is 10.9. The average Bonchev–Trinajstić information content (AvgIpc) is 2.27. The van der Waals surface area contributed by atoms with Crippen molar-refractivity contribution in [2.24, 2.45) is 5.41 Å². The van der Waals surface area contributed by atoms with E-state index in [4.69, 9.17) is 9.68 Å². The van der Waals surface area contributed by atoms with Gasteiger partial charge in [-0.05, 0) is 31.6 Å². The van der Waals surface area contributed by atoms with Gasteiger partial charge in [-0.1, -0.05) is 34.6 Å². The molecule has 0 aliphatic rings. The predicted molar refractivity (Wildman–Crippen MR) is 75.8 cm³/mol. The Hall–Kier alpha value is -0.160. The van der Waals surface area contributed by atoms with Crippen molar-refractivity contribution in [3.63, 3.8) is 0 Å². The van der Waals surface area contributed by atoms with E-state index in [1.807, 2.05) is 0 Å². The van der Waals surface area contributed by atoms with Gasteiger partial charge in [0.2, 0.25) is 0 Å². The van der Waals surface area contributed by atoms with Gasteiger partial charge in [-0.2, -0.15) is 5.48 Å². The van der Waals surface area contributed by atoms with Crippen molar-refractivity contribution in [1.82, 2.24) is 11.0 Å². The highest BCUT2D eigenvalue weighted by atomic mass is 16.7. The molecular formula is C14H31N2O2. The topological polar surface area (TPSA) is 42.5 Å². The maximum absolute atomic E-state index is 5.50. The van der Waals surface area contributed by atoms with Crippen LogP contribution in [-0.4, -0.2) is 25.3 Å². The van der Waals surface area contributed by atoms with Crippen molar-refractivity contribution in [1.29, 1.82) is 0 Å². The van der Waals surface area contributed by atoms with Crippen molar-refractivity contribution in [2.75, 3.05) is 13.2 Å². The van der Waals surface area contributed by atoms with Gasteiger partial charge in [0, 0.05) is 12.6 Å². The Balaban J connectivity index is 3.45.